The van der Waals surface area contributed by atoms with Crippen LogP contribution in [0.1, 0.15) is 30.9 Å². The van der Waals surface area contributed by atoms with Gasteiger partial charge in [0.2, 0.25) is 0 Å². The van der Waals surface area contributed by atoms with Gasteiger partial charge < -0.3 is 19.1 Å². The van der Waals surface area contributed by atoms with Crippen molar-refractivity contribution in [1.29, 1.82) is 0 Å². The van der Waals surface area contributed by atoms with Crippen LogP contribution < -0.4 is 9.47 Å². The first-order valence-corrected chi connectivity index (χ1v) is 8.59. The molecule has 4 nitrogen and oxygen atoms in total. The highest BCUT2D eigenvalue weighted by Crippen LogP contribution is 2.56. The molecule has 0 aromatic heterocycles. The average Bonchev–Trinajstić information content (AvgIpc) is 2.81. The molecule has 1 N–H and O–H groups in total. The summed E-state index contributed by atoms with van der Waals surface area (Å²) in [4.78, 5) is 0. The standard InChI is InChI=1S/C19H26NO3/c1-4-20(2)10-9-19-8-7-14(21)11-16(19)23-18-15(22-3)6-5-13(12-20)17(18)19/h5-8,14,16,21H,4,9-12H2,1-3H3/q+1/t14-,16+,19+,20?/m1/s1. The van der Waals surface area contributed by atoms with E-state index in [1.165, 1.54) is 11.1 Å². The summed E-state index contributed by atoms with van der Waals surface area (Å²) < 4.78 is 12.9. The molecular weight excluding hydrogens is 290 g/mol. The second-order valence-corrected chi connectivity index (χ2v) is 7.51. The van der Waals surface area contributed by atoms with E-state index >= 15 is 0 Å². The number of quaternary nitrogens is 1. The van der Waals surface area contributed by atoms with E-state index in [0.29, 0.717) is 6.42 Å². The fraction of sp³-hybridized carbons (Fsp3) is 0.579. The number of hydrogen-bond donors (Lipinski definition) is 1. The molecule has 3 aliphatic rings. The molecule has 2 aliphatic heterocycles. The molecule has 124 valence electrons. The summed E-state index contributed by atoms with van der Waals surface area (Å²) in [6.45, 7) is 5.53. The summed E-state index contributed by atoms with van der Waals surface area (Å²) in [6.07, 6.45) is 5.48. The monoisotopic (exact) mass is 316 g/mol. The second kappa shape index (κ2) is 4.99. The highest BCUT2D eigenvalue weighted by Gasteiger charge is 2.54. The summed E-state index contributed by atoms with van der Waals surface area (Å²) in [5, 5.41) is 10.1. The Balaban J connectivity index is 1.94. The largest absolute Gasteiger partial charge is 0.493 e. The van der Waals surface area contributed by atoms with E-state index in [4.69, 9.17) is 9.47 Å². The minimum absolute atomic E-state index is 0.0101. The molecule has 0 saturated heterocycles. The maximum atomic E-state index is 10.1. The zero-order chi connectivity index (χ0) is 16.2. The van der Waals surface area contributed by atoms with Crippen molar-refractivity contribution in [3.63, 3.8) is 0 Å². The Morgan fingerprint density at radius 3 is 3.00 bits per heavy atom. The number of rotatable bonds is 2. The van der Waals surface area contributed by atoms with Crippen LogP contribution in [0.25, 0.3) is 0 Å². The van der Waals surface area contributed by atoms with Crippen LogP contribution in [0, 0.1) is 0 Å². The average molecular weight is 316 g/mol. The van der Waals surface area contributed by atoms with Crippen molar-refractivity contribution in [2.24, 2.45) is 0 Å². The van der Waals surface area contributed by atoms with Gasteiger partial charge in [0, 0.05) is 24.0 Å². The summed E-state index contributed by atoms with van der Waals surface area (Å²) in [7, 11) is 4.04. The first-order chi connectivity index (χ1) is 11.0. The lowest BCUT2D eigenvalue weighted by molar-refractivity contribution is -0.920. The van der Waals surface area contributed by atoms with Crippen LogP contribution in [0.3, 0.4) is 0 Å². The lowest BCUT2D eigenvalue weighted by atomic mass is 9.69. The number of aliphatic hydroxyl groups excluding tert-OH is 1. The van der Waals surface area contributed by atoms with E-state index < -0.39 is 6.10 Å². The Morgan fingerprint density at radius 2 is 2.26 bits per heavy atom. The topological polar surface area (TPSA) is 38.7 Å². The molecule has 4 atom stereocenters. The smallest absolute Gasteiger partial charge is 0.166 e. The summed E-state index contributed by atoms with van der Waals surface area (Å²) in [6, 6.07) is 4.24. The molecule has 1 spiro atoms. The van der Waals surface area contributed by atoms with E-state index in [1.807, 2.05) is 12.1 Å². The fourth-order valence-corrected chi connectivity index (χ4v) is 4.55. The third kappa shape index (κ3) is 2.05. The Hall–Kier alpha value is -1.52. The van der Waals surface area contributed by atoms with Crippen LogP contribution in [0.15, 0.2) is 24.3 Å². The molecule has 0 fully saturated rings. The first kappa shape index (κ1) is 15.0. The third-order valence-corrected chi connectivity index (χ3v) is 6.18. The molecule has 0 saturated carbocycles. The number of aliphatic hydroxyl groups is 1. The van der Waals surface area contributed by atoms with Crippen molar-refractivity contribution < 1.29 is 19.1 Å². The number of methoxy groups -OCH3 is 1. The van der Waals surface area contributed by atoms with Crippen molar-refractivity contribution in [3.05, 3.63) is 35.4 Å². The van der Waals surface area contributed by atoms with Crippen LogP contribution in [-0.4, -0.2) is 49.0 Å². The van der Waals surface area contributed by atoms with Crippen LogP contribution in [0.5, 0.6) is 11.5 Å². The lowest BCUT2D eigenvalue weighted by Crippen LogP contribution is -2.46. The molecule has 0 radical (unpaired) electrons. The quantitative estimate of drug-likeness (QED) is 0.672. The lowest BCUT2D eigenvalue weighted by Gasteiger charge is -2.37. The van der Waals surface area contributed by atoms with Gasteiger partial charge in [-0.1, -0.05) is 12.2 Å². The van der Waals surface area contributed by atoms with Crippen molar-refractivity contribution in [1.82, 2.24) is 0 Å². The van der Waals surface area contributed by atoms with Gasteiger partial charge in [0.05, 0.1) is 38.8 Å². The third-order valence-electron chi connectivity index (χ3n) is 6.18. The van der Waals surface area contributed by atoms with E-state index in [2.05, 4.69) is 26.1 Å². The molecule has 4 heteroatoms. The highest BCUT2D eigenvalue weighted by molar-refractivity contribution is 5.60. The number of benzene rings is 1. The second-order valence-electron chi connectivity index (χ2n) is 7.51. The van der Waals surface area contributed by atoms with Crippen LogP contribution in [0.4, 0.5) is 0 Å². The SMILES string of the molecule is CC[N+]1(C)CC[C@@]23C=C[C@@H](O)C[C@@H]2Oc2c(OC)ccc(c23)C1. The van der Waals surface area contributed by atoms with Gasteiger partial charge in [-0.2, -0.15) is 0 Å². The Morgan fingerprint density at radius 1 is 1.43 bits per heavy atom. The molecule has 0 amide bonds. The maximum absolute atomic E-state index is 10.1. The van der Waals surface area contributed by atoms with E-state index in [-0.39, 0.29) is 11.5 Å². The highest BCUT2D eigenvalue weighted by atomic mass is 16.5. The van der Waals surface area contributed by atoms with Gasteiger partial charge in [0.15, 0.2) is 11.5 Å². The van der Waals surface area contributed by atoms with Gasteiger partial charge in [-0.15, -0.1) is 0 Å². The minimum Gasteiger partial charge on any atom is -0.493 e. The van der Waals surface area contributed by atoms with Crippen LogP contribution in [0.2, 0.25) is 0 Å². The van der Waals surface area contributed by atoms with Crippen molar-refractivity contribution >= 4 is 0 Å². The van der Waals surface area contributed by atoms with Crippen molar-refractivity contribution in [3.8, 4) is 11.5 Å². The summed E-state index contributed by atoms with van der Waals surface area (Å²) in [5.74, 6) is 1.71. The molecule has 1 aromatic rings. The van der Waals surface area contributed by atoms with Crippen LogP contribution in [-0.2, 0) is 12.0 Å². The van der Waals surface area contributed by atoms with Gasteiger partial charge in [0.25, 0.3) is 0 Å². The Bertz CT molecular complexity index is 671. The summed E-state index contributed by atoms with van der Waals surface area (Å²) in [5.41, 5.74) is 2.57. The number of hydrogen-bond acceptors (Lipinski definition) is 3. The summed E-state index contributed by atoms with van der Waals surface area (Å²) >= 11 is 0. The predicted octanol–water partition coefficient (Wildman–Crippen LogP) is 2.39. The van der Waals surface area contributed by atoms with Gasteiger partial charge in [-0.25, -0.2) is 0 Å². The van der Waals surface area contributed by atoms with Crippen molar-refractivity contribution in [2.45, 2.75) is 43.9 Å². The zero-order valence-corrected chi connectivity index (χ0v) is 14.2. The van der Waals surface area contributed by atoms with E-state index in [9.17, 15) is 5.11 Å². The zero-order valence-electron chi connectivity index (χ0n) is 14.2. The molecular formula is C19H26NO3+. The molecule has 0 bridgehead atoms. The van der Waals surface area contributed by atoms with Gasteiger partial charge in [0.1, 0.15) is 12.6 Å². The molecule has 1 aliphatic carbocycles. The molecule has 1 unspecified atom stereocenters. The van der Waals surface area contributed by atoms with Crippen LogP contribution >= 0.6 is 0 Å². The normalized spacial score (nSPS) is 37.6. The fourth-order valence-electron chi connectivity index (χ4n) is 4.55. The predicted molar refractivity (Wildman–Crippen MR) is 88.8 cm³/mol. The van der Waals surface area contributed by atoms with Gasteiger partial charge in [-0.05, 0) is 19.1 Å². The van der Waals surface area contributed by atoms with Crippen molar-refractivity contribution in [2.75, 3.05) is 27.2 Å². The number of nitrogens with zero attached hydrogens (tertiary/aromatic N) is 1. The molecule has 4 rings (SSSR count). The maximum Gasteiger partial charge on any atom is 0.166 e. The van der Waals surface area contributed by atoms with Gasteiger partial charge in [-0.3, -0.25) is 0 Å². The molecule has 1 aromatic carbocycles. The molecule has 23 heavy (non-hydrogen) atoms. The first-order valence-electron chi connectivity index (χ1n) is 8.59. The Kier molecular flexibility index (Phi) is 3.26. The molecule has 2 heterocycles. The Labute approximate surface area is 137 Å². The number of ether oxygens (including phenoxy) is 2. The van der Waals surface area contributed by atoms with E-state index in [0.717, 1.165) is 42.0 Å². The van der Waals surface area contributed by atoms with Gasteiger partial charge >= 0.3 is 0 Å². The minimum atomic E-state index is -0.412. The van der Waals surface area contributed by atoms with E-state index in [1.54, 1.807) is 7.11 Å².